The highest BCUT2D eigenvalue weighted by Crippen LogP contribution is 2.29. The predicted octanol–water partition coefficient (Wildman–Crippen LogP) is 4.30. The average molecular weight is 910 g/mol. The minimum absolute atomic E-state index is 0.0198. The summed E-state index contributed by atoms with van der Waals surface area (Å²) in [5, 5.41) is 0. The van der Waals surface area contributed by atoms with Crippen molar-refractivity contribution in [2.24, 2.45) is 0 Å². The lowest BCUT2D eigenvalue weighted by Gasteiger charge is -2.37. The summed E-state index contributed by atoms with van der Waals surface area (Å²) < 4.78 is 34.7. The summed E-state index contributed by atoms with van der Waals surface area (Å²) in [6.45, 7) is 19.5. The van der Waals surface area contributed by atoms with Gasteiger partial charge in [-0.15, -0.1) is 0 Å². The topological polar surface area (TPSA) is 174 Å². The highest BCUT2D eigenvalue weighted by molar-refractivity contribution is 5.84. The van der Waals surface area contributed by atoms with E-state index in [1.54, 1.807) is 74.4 Å². The molecule has 2 aromatic rings. The third kappa shape index (κ3) is 19.1. The normalized spacial score (nSPS) is 20.2. The zero-order valence-electron chi connectivity index (χ0n) is 40.0. The van der Waals surface area contributed by atoms with Gasteiger partial charge in [0.2, 0.25) is 0 Å². The molecule has 2 aliphatic heterocycles. The van der Waals surface area contributed by atoms with Gasteiger partial charge in [0.25, 0.3) is 0 Å². The van der Waals surface area contributed by atoms with E-state index < -0.39 is 70.9 Å². The third-order valence-electron chi connectivity index (χ3n) is 10.3. The molecule has 2 saturated heterocycles. The molecule has 0 radical (unpaired) electrons. The molecule has 2 aliphatic rings. The summed E-state index contributed by atoms with van der Waals surface area (Å²) in [7, 11) is 0. The number of esters is 5. The Morgan fingerprint density at radius 1 is 0.538 bits per heavy atom. The van der Waals surface area contributed by atoms with Gasteiger partial charge in [0.05, 0.1) is 25.7 Å². The van der Waals surface area contributed by atoms with Gasteiger partial charge in [-0.05, 0) is 73.4 Å². The van der Waals surface area contributed by atoms with E-state index in [-0.39, 0.29) is 65.6 Å². The maximum Gasteiger partial charge on any atom is 0.411 e. The third-order valence-corrected chi connectivity index (χ3v) is 10.3. The smallest absolute Gasteiger partial charge is 0.411 e. The zero-order valence-corrected chi connectivity index (χ0v) is 40.0. The number of likely N-dealkylation sites (tertiary alicyclic amines) is 1. The molecule has 0 N–H and O–H groups in total. The summed E-state index contributed by atoms with van der Waals surface area (Å²) in [6.07, 6.45) is -2.00. The standard InChI is InChI=1S/C48H71N5O12/c1-35(54)62-43-38(29-53(45(59)61-34-37-19-15-12-16-20-37)42(43)44(58)60-33-36-17-13-11-14-18-36)52-27-25-50(31-40(56)64-47(5,6)7)23-21-49(30-39(55)63-46(2,3)4)22-24-51(26-28-52)32-41(57)65-48(8,9)10/h11-20,38,42-43H,21-34H2,1-10H3/t38-,42+,43+/m1/s1. The first-order valence-corrected chi connectivity index (χ1v) is 22.4. The molecule has 2 fully saturated rings. The number of benzene rings is 2. The Balaban J connectivity index is 1.73. The maximum atomic E-state index is 14.3. The van der Waals surface area contributed by atoms with E-state index in [4.69, 9.17) is 28.4 Å². The van der Waals surface area contributed by atoms with Crippen LogP contribution in [0.15, 0.2) is 60.7 Å². The Morgan fingerprint density at radius 3 is 1.28 bits per heavy atom. The second kappa shape index (κ2) is 23.9. The Kier molecular flexibility index (Phi) is 19.3. The highest BCUT2D eigenvalue weighted by Gasteiger charge is 2.53. The fraction of sp³-hybridized carbons (Fsp3) is 0.625. The van der Waals surface area contributed by atoms with Crippen LogP contribution >= 0.6 is 0 Å². The molecule has 0 saturated carbocycles. The molecule has 0 bridgehead atoms. The number of ether oxygens (including phenoxy) is 6. The van der Waals surface area contributed by atoms with Crippen molar-refractivity contribution in [2.45, 2.75) is 117 Å². The lowest BCUT2D eigenvalue weighted by Crippen LogP contribution is -2.54. The van der Waals surface area contributed by atoms with Gasteiger partial charge in [0.1, 0.15) is 30.0 Å². The molecule has 3 atom stereocenters. The summed E-state index contributed by atoms with van der Waals surface area (Å²) in [6, 6.07) is 16.1. The highest BCUT2D eigenvalue weighted by atomic mass is 16.6. The van der Waals surface area contributed by atoms with Gasteiger partial charge < -0.3 is 28.4 Å². The van der Waals surface area contributed by atoms with Gasteiger partial charge in [-0.25, -0.2) is 9.59 Å². The number of carbonyl (C=O) groups is 6. The number of hydrogen-bond donors (Lipinski definition) is 0. The molecule has 2 aromatic carbocycles. The summed E-state index contributed by atoms with van der Waals surface area (Å²) in [5.41, 5.74) is -0.714. The van der Waals surface area contributed by atoms with Crippen LogP contribution in [0.4, 0.5) is 4.79 Å². The summed E-state index contributed by atoms with van der Waals surface area (Å²) in [5.74, 6) is -2.74. The predicted molar refractivity (Wildman–Crippen MR) is 241 cm³/mol. The van der Waals surface area contributed by atoms with Gasteiger partial charge in [-0.3, -0.25) is 43.7 Å². The molecular weight excluding hydrogens is 839 g/mol. The van der Waals surface area contributed by atoms with E-state index >= 15 is 0 Å². The molecule has 0 aliphatic carbocycles. The van der Waals surface area contributed by atoms with Crippen LogP contribution in [0.2, 0.25) is 0 Å². The van der Waals surface area contributed by atoms with Crippen molar-refractivity contribution >= 4 is 35.9 Å². The molecule has 65 heavy (non-hydrogen) atoms. The Bertz CT molecular complexity index is 1830. The monoisotopic (exact) mass is 910 g/mol. The van der Waals surface area contributed by atoms with Crippen molar-refractivity contribution in [3.8, 4) is 0 Å². The van der Waals surface area contributed by atoms with Crippen molar-refractivity contribution < 1.29 is 57.2 Å². The molecule has 360 valence electrons. The van der Waals surface area contributed by atoms with Crippen LogP contribution < -0.4 is 0 Å². The summed E-state index contributed by atoms with van der Waals surface area (Å²) >= 11 is 0. The van der Waals surface area contributed by atoms with E-state index in [0.29, 0.717) is 26.2 Å². The second-order valence-electron chi connectivity index (χ2n) is 19.5. The number of amides is 1. The first-order valence-electron chi connectivity index (χ1n) is 22.4. The van der Waals surface area contributed by atoms with Crippen molar-refractivity contribution in [3.05, 3.63) is 71.8 Å². The number of rotatable bonds is 13. The van der Waals surface area contributed by atoms with Gasteiger partial charge in [-0.2, -0.15) is 0 Å². The minimum atomic E-state index is -1.38. The lowest BCUT2D eigenvalue weighted by molar-refractivity contribution is -0.162. The van der Waals surface area contributed by atoms with Crippen molar-refractivity contribution in [2.75, 3.05) is 78.5 Å². The van der Waals surface area contributed by atoms with Crippen molar-refractivity contribution in [1.29, 1.82) is 0 Å². The largest absolute Gasteiger partial charge is 0.459 e. The second-order valence-corrected chi connectivity index (χ2v) is 19.5. The zero-order chi connectivity index (χ0) is 48.0. The van der Waals surface area contributed by atoms with Crippen LogP contribution in [0.3, 0.4) is 0 Å². The van der Waals surface area contributed by atoms with E-state index in [1.165, 1.54) is 11.8 Å². The van der Waals surface area contributed by atoms with Crippen LogP contribution in [0.1, 0.15) is 80.4 Å². The number of nitrogens with zero attached hydrogens (tertiary/aromatic N) is 5. The van der Waals surface area contributed by atoms with Crippen LogP contribution in [0, 0.1) is 0 Å². The van der Waals surface area contributed by atoms with Gasteiger partial charge in [0.15, 0.2) is 12.1 Å². The first-order chi connectivity index (χ1) is 30.4. The Labute approximate surface area is 384 Å². The molecule has 0 unspecified atom stereocenters. The first kappa shape index (κ1) is 52.5. The molecule has 0 aromatic heterocycles. The van der Waals surface area contributed by atoms with Gasteiger partial charge in [0, 0.05) is 65.8 Å². The fourth-order valence-electron chi connectivity index (χ4n) is 7.56. The molecule has 17 nitrogen and oxygen atoms in total. The van der Waals surface area contributed by atoms with Crippen molar-refractivity contribution in [1.82, 2.24) is 24.5 Å². The molecule has 1 amide bonds. The lowest BCUT2D eigenvalue weighted by atomic mass is 10.1. The van der Waals surface area contributed by atoms with E-state index in [9.17, 15) is 28.8 Å². The quantitative estimate of drug-likeness (QED) is 0.206. The number of hydrogen-bond acceptors (Lipinski definition) is 16. The molecule has 17 heteroatoms. The molecule has 0 spiro atoms. The van der Waals surface area contributed by atoms with Crippen LogP contribution in [0.25, 0.3) is 0 Å². The van der Waals surface area contributed by atoms with E-state index in [2.05, 4.69) is 0 Å². The Morgan fingerprint density at radius 2 is 0.908 bits per heavy atom. The average Bonchev–Trinajstić information content (AvgIpc) is 3.55. The maximum absolute atomic E-state index is 14.3. The summed E-state index contributed by atoms with van der Waals surface area (Å²) in [4.78, 5) is 90.2. The van der Waals surface area contributed by atoms with Crippen LogP contribution in [0.5, 0.6) is 0 Å². The van der Waals surface area contributed by atoms with Crippen LogP contribution in [-0.2, 0) is 65.6 Å². The number of carbonyl (C=O) groups excluding carboxylic acids is 6. The molecule has 2 heterocycles. The van der Waals surface area contributed by atoms with Gasteiger partial charge in [-0.1, -0.05) is 60.7 Å². The molecule has 4 rings (SSSR count). The van der Waals surface area contributed by atoms with Crippen molar-refractivity contribution in [3.63, 3.8) is 0 Å². The van der Waals surface area contributed by atoms with E-state index in [0.717, 1.165) is 11.1 Å². The van der Waals surface area contributed by atoms with Gasteiger partial charge >= 0.3 is 35.9 Å². The molecular formula is C48H71N5O12. The minimum Gasteiger partial charge on any atom is -0.459 e. The SMILES string of the molecule is CC(=O)O[C@H]1[C@H](N2CCN(CC(=O)OC(C)(C)C)CCN(CC(=O)OC(C)(C)C)CCN(CC(=O)OC(C)(C)C)CC2)CN(C(=O)OCc2ccccc2)[C@@H]1C(=O)OCc1ccccc1. The van der Waals surface area contributed by atoms with E-state index in [1.807, 2.05) is 68.1 Å². The Hall–Kier alpha value is -5.10. The van der Waals surface area contributed by atoms with Crippen LogP contribution in [-0.4, -0.2) is 174 Å². The fourth-order valence-corrected chi connectivity index (χ4v) is 7.56.